The third-order valence-corrected chi connectivity index (χ3v) is 4.32. The molecule has 30 heavy (non-hydrogen) atoms. The van der Waals surface area contributed by atoms with Crippen molar-refractivity contribution in [3.05, 3.63) is 82.0 Å². The van der Waals surface area contributed by atoms with Gasteiger partial charge in [-0.1, -0.05) is 12.1 Å². The lowest BCUT2D eigenvalue weighted by Gasteiger charge is -2.09. The number of hydrogen-bond acceptors (Lipinski definition) is 4. The zero-order chi connectivity index (χ0) is 21.7. The minimum atomic E-state index is -4.50. The molecule has 0 spiro atoms. The minimum absolute atomic E-state index is 0.212. The zero-order valence-electron chi connectivity index (χ0n) is 16.0. The summed E-state index contributed by atoms with van der Waals surface area (Å²) in [6.45, 7) is 0.892. The van der Waals surface area contributed by atoms with E-state index in [1.54, 1.807) is 24.3 Å². The van der Waals surface area contributed by atoms with Crippen LogP contribution in [0.15, 0.2) is 59.7 Å². The number of ether oxygens (including phenoxy) is 1. The SMILES string of the molecule is COCCn1cc(C(=O)NCc2ccc(-n3ccc(C(F)(F)F)n3)cc2)ccc1=O. The maximum atomic E-state index is 12.7. The van der Waals surface area contributed by atoms with Crippen molar-refractivity contribution in [3.63, 3.8) is 0 Å². The molecule has 2 heterocycles. The van der Waals surface area contributed by atoms with Gasteiger partial charge in [0.25, 0.3) is 11.5 Å². The molecule has 0 atom stereocenters. The van der Waals surface area contributed by atoms with Crippen LogP contribution in [-0.2, 0) is 24.0 Å². The number of amides is 1. The fraction of sp³-hybridized carbons (Fsp3) is 0.250. The number of aromatic nitrogens is 3. The summed E-state index contributed by atoms with van der Waals surface area (Å²) in [5, 5.41) is 6.26. The highest BCUT2D eigenvalue weighted by Crippen LogP contribution is 2.27. The van der Waals surface area contributed by atoms with E-state index in [2.05, 4.69) is 10.4 Å². The fourth-order valence-electron chi connectivity index (χ4n) is 2.70. The Hall–Kier alpha value is -3.40. The van der Waals surface area contributed by atoms with E-state index in [1.165, 1.54) is 36.2 Å². The van der Waals surface area contributed by atoms with Gasteiger partial charge in [-0.05, 0) is 29.8 Å². The smallest absolute Gasteiger partial charge is 0.383 e. The van der Waals surface area contributed by atoms with Crippen LogP contribution in [0.4, 0.5) is 13.2 Å². The van der Waals surface area contributed by atoms with E-state index in [0.717, 1.165) is 16.3 Å². The van der Waals surface area contributed by atoms with Gasteiger partial charge in [-0.2, -0.15) is 18.3 Å². The summed E-state index contributed by atoms with van der Waals surface area (Å²) in [5.41, 5.74) is 0.351. The third kappa shape index (κ3) is 5.15. The lowest BCUT2D eigenvalue weighted by molar-refractivity contribution is -0.141. The minimum Gasteiger partial charge on any atom is -0.383 e. The Morgan fingerprint density at radius 3 is 2.50 bits per heavy atom. The molecule has 10 heteroatoms. The second-order valence-corrected chi connectivity index (χ2v) is 6.43. The number of halogens is 3. The number of alkyl halides is 3. The number of carbonyl (C=O) groups is 1. The Labute approximate surface area is 169 Å². The first kappa shape index (κ1) is 21.3. The summed E-state index contributed by atoms with van der Waals surface area (Å²) < 4.78 is 45.5. The van der Waals surface area contributed by atoms with Crippen molar-refractivity contribution in [3.8, 4) is 5.69 Å². The van der Waals surface area contributed by atoms with Gasteiger partial charge < -0.3 is 14.6 Å². The first-order chi connectivity index (χ1) is 14.3. The predicted octanol–water partition coefficient (Wildman–Crippen LogP) is 2.63. The van der Waals surface area contributed by atoms with Crippen molar-refractivity contribution < 1.29 is 22.7 Å². The van der Waals surface area contributed by atoms with Crippen molar-refractivity contribution in [2.45, 2.75) is 19.3 Å². The van der Waals surface area contributed by atoms with Crippen LogP contribution in [0.5, 0.6) is 0 Å². The van der Waals surface area contributed by atoms with Gasteiger partial charge >= 0.3 is 6.18 Å². The van der Waals surface area contributed by atoms with Gasteiger partial charge in [0, 0.05) is 38.7 Å². The van der Waals surface area contributed by atoms with E-state index in [4.69, 9.17) is 4.74 Å². The normalized spacial score (nSPS) is 11.5. The van der Waals surface area contributed by atoms with Gasteiger partial charge in [0.2, 0.25) is 0 Å². The number of nitrogens with one attached hydrogen (secondary N) is 1. The van der Waals surface area contributed by atoms with Crippen molar-refractivity contribution >= 4 is 5.91 Å². The van der Waals surface area contributed by atoms with Gasteiger partial charge in [0.05, 0.1) is 17.9 Å². The second-order valence-electron chi connectivity index (χ2n) is 6.43. The van der Waals surface area contributed by atoms with Crippen LogP contribution < -0.4 is 10.9 Å². The summed E-state index contributed by atoms with van der Waals surface area (Å²) in [6, 6.07) is 10.3. The number of benzene rings is 1. The molecule has 1 aromatic carbocycles. The zero-order valence-corrected chi connectivity index (χ0v) is 16.0. The van der Waals surface area contributed by atoms with Crippen LogP contribution in [0.3, 0.4) is 0 Å². The van der Waals surface area contributed by atoms with E-state index in [0.29, 0.717) is 24.4 Å². The summed E-state index contributed by atoms with van der Waals surface area (Å²) in [5.74, 6) is -0.355. The largest absolute Gasteiger partial charge is 0.435 e. The van der Waals surface area contributed by atoms with Gasteiger partial charge in [-0.15, -0.1) is 0 Å². The molecule has 0 saturated carbocycles. The first-order valence-electron chi connectivity index (χ1n) is 8.98. The molecule has 1 N–H and O–H groups in total. The molecule has 0 bridgehead atoms. The molecule has 2 aromatic heterocycles. The molecule has 158 valence electrons. The number of methoxy groups -OCH3 is 1. The summed E-state index contributed by atoms with van der Waals surface area (Å²) >= 11 is 0. The molecular formula is C20H19F3N4O3. The number of nitrogens with zero attached hydrogens (tertiary/aromatic N) is 3. The Morgan fingerprint density at radius 2 is 1.87 bits per heavy atom. The molecule has 0 radical (unpaired) electrons. The highest BCUT2D eigenvalue weighted by atomic mass is 19.4. The van der Waals surface area contributed by atoms with Crippen LogP contribution >= 0.6 is 0 Å². The Bertz CT molecular complexity index is 1070. The molecule has 0 aliphatic heterocycles. The lowest BCUT2D eigenvalue weighted by Crippen LogP contribution is -2.27. The maximum Gasteiger partial charge on any atom is 0.435 e. The standard InChI is InChI=1S/C20H19F3N4O3/c1-30-11-10-26-13-15(4-7-18(26)28)19(29)24-12-14-2-5-16(6-3-14)27-9-8-17(25-27)20(21,22)23/h2-9,13H,10-12H2,1H3,(H,24,29). The van der Waals surface area contributed by atoms with Crippen molar-refractivity contribution in [2.75, 3.05) is 13.7 Å². The van der Waals surface area contributed by atoms with Gasteiger partial charge in [-0.25, -0.2) is 4.68 Å². The Kier molecular flexibility index (Phi) is 6.36. The number of rotatable bonds is 7. The van der Waals surface area contributed by atoms with E-state index in [1.807, 2.05) is 0 Å². The number of hydrogen-bond donors (Lipinski definition) is 1. The summed E-state index contributed by atoms with van der Waals surface area (Å²) in [6.07, 6.45) is -1.80. The average Bonchev–Trinajstić information content (AvgIpc) is 3.22. The molecular weight excluding hydrogens is 401 g/mol. The summed E-state index contributed by atoms with van der Waals surface area (Å²) in [4.78, 5) is 24.2. The molecule has 0 saturated heterocycles. The Morgan fingerprint density at radius 1 is 1.13 bits per heavy atom. The monoisotopic (exact) mass is 420 g/mol. The first-order valence-corrected chi connectivity index (χ1v) is 8.98. The number of pyridine rings is 1. The van der Waals surface area contributed by atoms with Crippen molar-refractivity contribution in [1.29, 1.82) is 0 Å². The van der Waals surface area contributed by atoms with Crippen LogP contribution in [0.25, 0.3) is 5.69 Å². The van der Waals surface area contributed by atoms with Gasteiger partial charge in [0.15, 0.2) is 5.69 Å². The molecule has 7 nitrogen and oxygen atoms in total. The van der Waals surface area contributed by atoms with E-state index in [-0.39, 0.29) is 18.0 Å². The molecule has 3 rings (SSSR count). The molecule has 0 unspecified atom stereocenters. The summed E-state index contributed by atoms with van der Waals surface area (Å²) in [7, 11) is 1.52. The Balaban J connectivity index is 1.63. The molecule has 0 fully saturated rings. The maximum absolute atomic E-state index is 12.7. The predicted molar refractivity (Wildman–Crippen MR) is 102 cm³/mol. The topological polar surface area (TPSA) is 78.2 Å². The molecule has 0 aliphatic rings. The second kappa shape index (κ2) is 8.95. The molecule has 0 aliphatic carbocycles. The molecule has 3 aromatic rings. The third-order valence-electron chi connectivity index (χ3n) is 4.32. The van der Waals surface area contributed by atoms with Gasteiger partial charge in [-0.3, -0.25) is 9.59 Å². The number of carbonyl (C=O) groups excluding carboxylic acids is 1. The van der Waals surface area contributed by atoms with Crippen LogP contribution in [0.2, 0.25) is 0 Å². The lowest BCUT2D eigenvalue weighted by atomic mass is 10.2. The highest BCUT2D eigenvalue weighted by molar-refractivity contribution is 5.93. The van der Waals surface area contributed by atoms with Crippen LogP contribution in [0.1, 0.15) is 21.6 Å². The highest BCUT2D eigenvalue weighted by Gasteiger charge is 2.33. The van der Waals surface area contributed by atoms with Gasteiger partial charge in [0.1, 0.15) is 0 Å². The van der Waals surface area contributed by atoms with Crippen molar-refractivity contribution in [2.24, 2.45) is 0 Å². The average molecular weight is 420 g/mol. The fourth-order valence-corrected chi connectivity index (χ4v) is 2.70. The molecule has 1 amide bonds. The van der Waals surface area contributed by atoms with E-state index >= 15 is 0 Å². The van der Waals surface area contributed by atoms with E-state index < -0.39 is 11.9 Å². The van der Waals surface area contributed by atoms with Crippen molar-refractivity contribution in [1.82, 2.24) is 19.7 Å². The van der Waals surface area contributed by atoms with E-state index in [9.17, 15) is 22.8 Å². The quantitative estimate of drug-likeness (QED) is 0.638. The van der Waals surface area contributed by atoms with Crippen LogP contribution in [0, 0.1) is 0 Å². The van der Waals surface area contributed by atoms with Crippen LogP contribution in [-0.4, -0.2) is 34.0 Å².